The van der Waals surface area contributed by atoms with Crippen molar-refractivity contribution in [2.24, 2.45) is 0 Å². The molecule has 3 rings (SSSR count). The molecule has 10 heteroatoms. The van der Waals surface area contributed by atoms with Gasteiger partial charge in [-0.05, 0) is 49.4 Å². The highest BCUT2D eigenvalue weighted by molar-refractivity contribution is 5.96. The topological polar surface area (TPSA) is 115 Å². The van der Waals surface area contributed by atoms with Crippen LogP contribution in [0.1, 0.15) is 68.1 Å². The van der Waals surface area contributed by atoms with Gasteiger partial charge in [-0.3, -0.25) is 10.2 Å². The van der Waals surface area contributed by atoms with Crippen LogP contribution in [0.15, 0.2) is 18.2 Å². The molecule has 0 atom stereocenters. The lowest BCUT2D eigenvalue weighted by atomic mass is 9.85. The summed E-state index contributed by atoms with van der Waals surface area (Å²) < 4.78 is 14.2. The molecule has 2 N–H and O–H groups in total. The molecule has 192 valence electrons. The van der Waals surface area contributed by atoms with Gasteiger partial charge in [0.15, 0.2) is 11.4 Å². The van der Waals surface area contributed by atoms with E-state index in [4.69, 9.17) is 20.0 Å². The van der Waals surface area contributed by atoms with Gasteiger partial charge in [0, 0.05) is 29.7 Å². The average molecular weight is 506 g/mol. The number of hydrogen-bond donors (Lipinski definition) is 2. The van der Waals surface area contributed by atoms with Crippen LogP contribution >= 0.6 is 12.4 Å². The third-order valence-corrected chi connectivity index (χ3v) is 5.69. The number of aliphatic hydroxyl groups excluding tert-OH is 1. The number of aliphatic hydroxyl groups is 1. The highest BCUT2D eigenvalue weighted by Gasteiger charge is 2.21. The first-order valence-electron chi connectivity index (χ1n) is 11.7. The van der Waals surface area contributed by atoms with Crippen molar-refractivity contribution >= 4 is 23.8 Å². The van der Waals surface area contributed by atoms with E-state index >= 15 is 0 Å². The number of hydrogen-bond acceptors (Lipinski definition) is 7. The number of Topliss-reactive ketones (excluding diaryl/α,β-unsaturated/α-hetero) is 1. The summed E-state index contributed by atoms with van der Waals surface area (Å²) in [7, 11) is 0. The van der Waals surface area contributed by atoms with E-state index < -0.39 is 0 Å². The molecule has 0 aliphatic heterocycles. The van der Waals surface area contributed by atoms with Crippen LogP contribution in [0.3, 0.4) is 0 Å². The van der Waals surface area contributed by atoms with Crippen molar-refractivity contribution in [1.29, 1.82) is 5.41 Å². The lowest BCUT2D eigenvalue weighted by Crippen LogP contribution is -2.26. The molecular formula is C25H36ClN5O4. The zero-order chi connectivity index (χ0) is 25.0. The average Bonchev–Trinajstić information content (AvgIpc) is 3.09. The molecule has 9 nitrogen and oxygen atoms in total. The van der Waals surface area contributed by atoms with Gasteiger partial charge in [0.25, 0.3) is 0 Å². The zero-order valence-electron chi connectivity index (χ0n) is 21.3. The van der Waals surface area contributed by atoms with Crippen molar-refractivity contribution in [1.82, 2.24) is 19.4 Å². The second-order valence-electron chi connectivity index (χ2n) is 9.26. The van der Waals surface area contributed by atoms with Gasteiger partial charge >= 0.3 is 0 Å². The van der Waals surface area contributed by atoms with Crippen LogP contribution in [-0.4, -0.2) is 50.1 Å². The molecule has 3 aromatic rings. The number of benzene rings is 1. The van der Waals surface area contributed by atoms with E-state index in [-0.39, 0.29) is 42.4 Å². The second-order valence-corrected chi connectivity index (χ2v) is 9.26. The van der Waals surface area contributed by atoms with Gasteiger partial charge in [-0.2, -0.15) is 4.52 Å². The molecular weight excluding hydrogens is 470 g/mol. The molecule has 0 aliphatic carbocycles. The first kappa shape index (κ1) is 28.3. The van der Waals surface area contributed by atoms with E-state index in [9.17, 15) is 4.79 Å². The first-order chi connectivity index (χ1) is 16.1. The third-order valence-electron chi connectivity index (χ3n) is 5.69. The van der Waals surface area contributed by atoms with E-state index in [0.29, 0.717) is 42.5 Å². The molecule has 2 aromatic heterocycles. The Hall–Kier alpha value is -2.91. The number of carbonyl (C=O) groups is 1. The maximum atomic E-state index is 13.3. The number of fused-ring (bicyclic) bond motifs is 1. The van der Waals surface area contributed by atoms with Crippen LogP contribution in [-0.2, 0) is 18.4 Å². The summed E-state index contributed by atoms with van der Waals surface area (Å²) in [5, 5.41) is 26.6. The quantitative estimate of drug-likeness (QED) is 0.321. The van der Waals surface area contributed by atoms with E-state index in [1.807, 2.05) is 32.9 Å². The first-order valence-corrected chi connectivity index (χ1v) is 11.7. The summed E-state index contributed by atoms with van der Waals surface area (Å²) in [5.41, 5.74) is 3.64. The lowest BCUT2D eigenvalue weighted by Gasteiger charge is -2.21. The van der Waals surface area contributed by atoms with E-state index in [1.54, 1.807) is 6.07 Å². The minimum Gasteiger partial charge on any atom is -0.493 e. The summed E-state index contributed by atoms with van der Waals surface area (Å²) in [4.78, 5) is 13.3. The Labute approximate surface area is 212 Å². The van der Waals surface area contributed by atoms with Crippen molar-refractivity contribution in [3.8, 4) is 11.6 Å². The van der Waals surface area contributed by atoms with Crippen molar-refractivity contribution in [2.45, 2.75) is 66.3 Å². The van der Waals surface area contributed by atoms with Crippen LogP contribution in [0.25, 0.3) is 5.65 Å². The summed E-state index contributed by atoms with van der Waals surface area (Å²) in [6, 6.07) is 5.50. The summed E-state index contributed by atoms with van der Waals surface area (Å²) in [5.74, 6) is 0.891. The number of nitrogens with one attached hydrogen (secondary N) is 1. The minimum atomic E-state index is -0.185. The normalized spacial score (nSPS) is 11.4. The SMILES string of the molecule is CCOc1nn2c(=N)n(CC(=O)c3cc(OCCCO)cc(C(C)(C)C)c3)nc2c(C)c1CC.Cl. The van der Waals surface area contributed by atoms with Crippen molar-refractivity contribution < 1.29 is 19.4 Å². The standard InChI is InChI=1S/C25H35N5O4.ClH/c1-7-20-16(3)22-27-29(24(26)30(22)28-23(20)33-8-2)15-21(32)17-12-18(25(4,5)6)14-19(13-17)34-11-9-10-31;/h12-14,26,31H,7-11,15H2,1-6H3;1H. The number of rotatable bonds is 10. The van der Waals surface area contributed by atoms with Crippen LogP contribution in [0.5, 0.6) is 11.6 Å². The molecule has 0 amide bonds. The van der Waals surface area contributed by atoms with Gasteiger partial charge in [-0.25, -0.2) is 4.68 Å². The van der Waals surface area contributed by atoms with Gasteiger partial charge in [0.05, 0.1) is 13.2 Å². The number of carbonyl (C=O) groups excluding carboxylic acids is 1. The van der Waals surface area contributed by atoms with Crippen molar-refractivity contribution in [3.05, 3.63) is 46.1 Å². The Balaban J connectivity index is 0.00000432. The highest BCUT2D eigenvalue weighted by atomic mass is 35.5. The fraction of sp³-hybridized carbons (Fsp3) is 0.520. The predicted octanol–water partition coefficient (Wildman–Crippen LogP) is 3.64. The Morgan fingerprint density at radius 3 is 2.46 bits per heavy atom. The van der Waals surface area contributed by atoms with E-state index in [2.05, 4.69) is 31.0 Å². The Bertz CT molecular complexity index is 1240. The molecule has 0 saturated carbocycles. The number of aromatic nitrogens is 4. The van der Waals surface area contributed by atoms with Crippen LogP contribution in [0.2, 0.25) is 0 Å². The Morgan fingerprint density at radius 1 is 1.14 bits per heavy atom. The Kier molecular flexibility index (Phi) is 9.45. The predicted molar refractivity (Wildman–Crippen MR) is 136 cm³/mol. The van der Waals surface area contributed by atoms with Crippen LogP contribution in [0, 0.1) is 12.3 Å². The van der Waals surface area contributed by atoms with Gasteiger partial charge < -0.3 is 14.6 Å². The molecule has 0 spiro atoms. The third kappa shape index (κ3) is 6.21. The molecule has 0 bridgehead atoms. The molecule has 1 aromatic carbocycles. The summed E-state index contributed by atoms with van der Waals surface area (Å²) in [6.07, 6.45) is 1.24. The largest absolute Gasteiger partial charge is 0.493 e. The zero-order valence-corrected chi connectivity index (χ0v) is 22.2. The maximum absolute atomic E-state index is 13.3. The molecule has 0 radical (unpaired) electrons. The van der Waals surface area contributed by atoms with E-state index in [0.717, 1.165) is 23.1 Å². The smallest absolute Gasteiger partial charge is 0.242 e. The van der Waals surface area contributed by atoms with E-state index in [1.165, 1.54) is 9.20 Å². The fourth-order valence-corrected chi connectivity index (χ4v) is 3.73. The lowest BCUT2D eigenvalue weighted by molar-refractivity contribution is 0.0964. The van der Waals surface area contributed by atoms with Gasteiger partial charge in [-0.15, -0.1) is 22.6 Å². The van der Waals surface area contributed by atoms with Crippen LogP contribution in [0.4, 0.5) is 0 Å². The minimum absolute atomic E-state index is 0. The number of ether oxygens (including phenoxy) is 2. The molecule has 35 heavy (non-hydrogen) atoms. The van der Waals surface area contributed by atoms with Gasteiger partial charge in [0.2, 0.25) is 11.5 Å². The van der Waals surface area contributed by atoms with Gasteiger partial charge in [-0.1, -0.05) is 27.7 Å². The van der Waals surface area contributed by atoms with Gasteiger partial charge in [0.1, 0.15) is 12.3 Å². The van der Waals surface area contributed by atoms with Crippen LogP contribution < -0.4 is 15.1 Å². The summed E-state index contributed by atoms with van der Waals surface area (Å²) >= 11 is 0. The highest BCUT2D eigenvalue weighted by Crippen LogP contribution is 2.28. The molecule has 0 fully saturated rings. The number of ketones is 1. The second kappa shape index (κ2) is 11.7. The Morgan fingerprint density at radius 2 is 1.86 bits per heavy atom. The monoisotopic (exact) mass is 505 g/mol. The maximum Gasteiger partial charge on any atom is 0.242 e. The number of aryl methyl sites for hydroxylation is 1. The fourth-order valence-electron chi connectivity index (χ4n) is 3.73. The molecule has 0 aliphatic rings. The summed E-state index contributed by atoms with van der Waals surface area (Å²) in [6.45, 7) is 12.8. The molecule has 2 heterocycles. The van der Waals surface area contributed by atoms with Crippen molar-refractivity contribution in [2.75, 3.05) is 19.8 Å². The van der Waals surface area contributed by atoms with Crippen molar-refractivity contribution in [3.63, 3.8) is 0 Å². The number of nitrogens with zero attached hydrogens (tertiary/aromatic N) is 4. The number of halogens is 1. The molecule has 0 saturated heterocycles. The molecule has 0 unspecified atom stereocenters.